The minimum absolute atomic E-state index is 0. The van der Waals surface area contributed by atoms with Crippen LogP contribution in [0.1, 0.15) is 0 Å². The summed E-state index contributed by atoms with van der Waals surface area (Å²) in [5, 5.41) is 5.25. The summed E-state index contributed by atoms with van der Waals surface area (Å²) in [6.07, 6.45) is 0. The molecule has 0 aliphatic rings. The van der Waals surface area contributed by atoms with E-state index in [0.717, 1.165) is 0 Å². The first kappa shape index (κ1) is 10.7. The molecule has 66 valence electrons. The minimum atomic E-state index is 0. The Hall–Kier alpha value is -0.820. The van der Waals surface area contributed by atoms with Gasteiger partial charge in [0.25, 0.3) is 0 Å². The van der Waals surface area contributed by atoms with Crippen LogP contribution in [0.25, 0.3) is 21.5 Å². The molecule has 3 aromatic carbocycles. The summed E-state index contributed by atoms with van der Waals surface area (Å²) in [7, 11) is 0. The van der Waals surface area contributed by atoms with Gasteiger partial charge in [0.2, 0.25) is 0 Å². The van der Waals surface area contributed by atoms with E-state index >= 15 is 0 Å². The van der Waals surface area contributed by atoms with Gasteiger partial charge in [-0.05, 0) is 33.7 Å². The third-order valence-electron chi connectivity index (χ3n) is 2.61. The van der Waals surface area contributed by atoms with Gasteiger partial charge in [-0.25, -0.2) is 0 Å². The molecule has 0 radical (unpaired) electrons. The molecule has 3 rings (SSSR count). The normalized spacial score (nSPS) is 10.1. The molecule has 1 heteroatoms. The van der Waals surface area contributed by atoms with E-state index in [0.29, 0.717) is 0 Å². The van der Waals surface area contributed by atoms with Crippen molar-refractivity contribution in [2.24, 2.45) is 0 Å². The molecule has 0 atom stereocenters. The van der Waals surface area contributed by atoms with E-state index in [4.69, 9.17) is 0 Å². The maximum Gasteiger partial charge on any atom is 1.00 e. The summed E-state index contributed by atoms with van der Waals surface area (Å²) < 4.78 is 0. The van der Waals surface area contributed by atoms with E-state index in [1.165, 1.54) is 21.5 Å². The average Bonchev–Trinajstić information content (AvgIpc) is 2.26. The molecule has 15 heavy (non-hydrogen) atoms. The van der Waals surface area contributed by atoms with Gasteiger partial charge in [-0.3, -0.25) is 0 Å². The Bertz CT molecular complexity index is 494. The van der Waals surface area contributed by atoms with Crippen LogP contribution in [0.15, 0.2) is 60.7 Å². The topological polar surface area (TPSA) is 0 Å². The van der Waals surface area contributed by atoms with Crippen LogP contribution in [0.2, 0.25) is 0 Å². The summed E-state index contributed by atoms with van der Waals surface area (Å²) >= 11 is 0. The monoisotopic (exact) mass is 201 g/mol. The van der Waals surface area contributed by atoms with Crippen LogP contribution < -0.4 is 29.6 Å². The van der Waals surface area contributed by atoms with Crippen LogP contribution >= 0.6 is 0 Å². The minimum Gasteiger partial charge on any atom is -0.0616 e. The van der Waals surface area contributed by atoms with Gasteiger partial charge < -0.3 is 0 Å². The van der Waals surface area contributed by atoms with E-state index in [1.54, 1.807) is 0 Å². The molecular formula is C14H10Na+. The van der Waals surface area contributed by atoms with Crippen molar-refractivity contribution in [1.82, 2.24) is 0 Å². The van der Waals surface area contributed by atoms with Gasteiger partial charge in [0, 0.05) is 0 Å². The van der Waals surface area contributed by atoms with E-state index in [2.05, 4.69) is 60.7 Å². The number of hydrogen-bond donors (Lipinski definition) is 0. The summed E-state index contributed by atoms with van der Waals surface area (Å²) in [4.78, 5) is 0. The van der Waals surface area contributed by atoms with Crippen LogP contribution in [0, 0.1) is 0 Å². The van der Waals surface area contributed by atoms with Gasteiger partial charge in [-0.1, -0.05) is 48.5 Å². The number of fused-ring (bicyclic) bond motifs is 2. The first-order valence-electron chi connectivity index (χ1n) is 4.81. The summed E-state index contributed by atoms with van der Waals surface area (Å²) in [5.41, 5.74) is 0. The molecule has 3 aromatic rings. The second kappa shape index (κ2) is 4.36. The third-order valence-corrected chi connectivity index (χ3v) is 2.61. The van der Waals surface area contributed by atoms with Crippen molar-refractivity contribution < 1.29 is 29.6 Å². The first-order chi connectivity index (χ1) is 6.93. The van der Waals surface area contributed by atoms with Crippen molar-refractivity contribution in [3.8, 4) is 0 Å². The number of benzene rings is 3. The van der Waals surface area contributed by atoms with Crippen molar-refractivity contribution in [2.75, 3.05) is 0 Å². The standard InChI is InChI=1S/C14H10.Na/c1-2-6-12-10-14-8-4-3-7-13(14)9-11(12)5-1;/h1-10H;/q;+1. The quantitative estimate of drug-likeness (QED) is 0.376. The van der Waals surface area contributed by atoms with Crippen molar-refractivity contribution in [2.45, 2.75) is 0 Å². The molecule has 0 saturated carbocycles. The fourth-order valence-corrected chi connectivity index (χ4v) is 1.88. The van der Waals surface area contributed by atoms with E-state index in [9.17, 15) is 0 Å². The molecule has 0 saturated heterocycles. The molecule has 0 N–H and O–H groups in total. The molecule has 0 amide bonds. The maximum atomic E-state index is 2.24. The molecule has 0 unspecified atom stereocenters. The van der Waals surface area contributed by atoms with Gasteiger partial charge in [0.05, 0.1) is 0 Å². The Morgan fingerprint density at radius 3 is 1.00 bits per heavy atom. The third kappa shape index (κ3) is 1.93. The molecule has 0 aliphatic carbocycles. The van der Waals surface area contributed by atoms with Gasteiger partial charge in [0.1, 0.15) is 0 Å². The van der Waals surface area contributed by atoms with Crippen LogP contribution in [-0.4, -0.2) is 0 Å². The molecule has 0 heterocycles. The zero-order chi connectivity index (χ0) is 9.38. The van der Waals surface area contributed by atoms with Crippen LogP contribution in [-0.2, 0) is 0 Å². The Balaban J connectivity index is 0.000000853. The Morgan fingerprint density at radius 2 is 0.733 bits per heavy atom. The van der Waals surface area contributed by atoms with Gasteiger partial charge in [-0.15, -0.1) is 0 Å². The fourth-order valence-electron chi connectivity index (χ4n) is 1.88. The predicted molar refractivity (Wildman–Crippen MR) is 61.5 cm³/mol. The van der Waals surface area contributed by atoms with Crippen molar-refractivity contribution in [3.05, 3.63) is 60.7 Å². The Labute approximate surface area is 111 Å². The summed E-state index contributed by atoms with van der Waals surface area (Å²) in [6.45, 7) is 0. The number of rotatable bonds is 0. The predicted octanol–water partition coefficient (Wildman–Crippen LogP) is 0.997. The maximum absolute atomic E-state index is 2.24. The van der Waals surface area contributed by atoms with Crippen molar-refractivity contribution >= 4 is 21.5 Å². The summed E-state index contributed by atoms with van der Waals surface area (Å²) in [6, 6.07) is 21.4. The van der Waals surface area contributed by atoms with Crippen LogP contribution in [0.3, 0.4) is 0 Å². The smallest absolute Gasteiger partial charge is 0.0616 e. The Morgan fingerprint density at radius 1 is 0.467 bits per heavy atom. The van der Waals surface area contributed by atoms with E-state index in [-0.39, 0.29) is 29.6 Å². The zero-order valence-corrected chi connectivity index (χ0v) is 10.8. The van der Waals surface area contributed by atoms with Crippen LogP contribution in [0.5, 0.6) is 0 Å². The largest absolute Gasteiger partial charge is 1.00 e. The van der Waals surface area contributed by atoms with E-state index in [1.807, 2.05) is 0 Å². The van der Waals surface area contributed by atoms with Gasteiger partial charge in [0.15, 0.2) is 0 Å². The first-order valence-corrected chi connectivity index (χ1v) is 4.81. The molecule has 0 bridgehead atoms. The average molecular weight is 201 g/mol. The molecule has 0 fully saturated rings. The van der Waals surface area contributed by atoms with Gasteiger partial charge in [-0.2, -0.15) is 0 Å². The van der Waals surface area contributed by atoms with Crippen molar-refractivity contribution in [1.29, 1.82) is 0 Å². The van der Waals surface area contributed by atoms with Gasteiger partial charge >= 0.3 is 29.6 Å². The molecular weight excluding hydrogens is 191 g/mol. The summed E-state index contributed by atoms with van der Waals surface area (Å²) in [5.74, 6) is 0. The van der Waals surface area contributed by atoms with E-state index < -0.39 is 0 Å². The molecule has 0 spiro atoms. The SMILES string of the molecule is [Na+].c1ccc2cc3ccccc3cc2c1. The van der Waals surface area contributed by atoms with Crippen molar-refractivity contribution in [3.63, 3.8) is 0 Å². The number of hydrogen-bond acceptors (Lipinski definition) is 0. The molecule has 0 aliphatic heterocycles. The fraction of sp³-hybridized carbons (Fsp3) is 0. The zero-order valence-electron chi connectivity index (χ0n) is 8.77. The van der Waals surface area contributed by atoms with Crippen LogP contribution in [0.4, 0.5) is 0 Å². The Kier molecular flexibility index (Phi) is 3.11. The molecule has 0 nitrogen and oxygen atoms in total. The second-order valence-corrected chi connectivity index (χ2v) is 3.55. The molecule has 0 aromatic heterocycles. The second-order valence-electron chi connectivity index (χ2n) is 3.55.